The van der Waals surface area contributed by atoms with Gasteiger partial charge >= 0.3 is 0 Å². The second-order valence-corrected chi connectivity index (χ2v) is 6.86. The number of aromatic nitrogens is 1. The summed E-state index contributed by atoms with van der Waals surface area (Å²) in [5, 5.41) is 5.46. The standard InChI is InChI=1S/C18H19N3O3S/c22-17(13-12-25-18(20-13)16-6-4-10-24-16)19-11-14(15-5-3-9-23-15)21-7-1-2-8-21/h3-6,9-10,12,14H,1-2,7-8,11H2,(H,19,22)/t14-/m1/s1. The van der Waals surface area contributed by atoms with E-state index in [2.05, 4.69) is 15.2 Å². The summed E-state index contributed by atoms with van der Waals surface area (Å²) in [6.45, 7) is 2.56. The molecule has 0 saturated carbocycles. The van der Waals surface area contributed by atoms with Gasteiger partial charge < -0.3 is 14.2 Å². The van der Waals surface area contributed by atoms with Crippen LogP contribution in [0.3, 0.4) is 0 Å². The van der Waals surface area contributed by atoms with Gasteiger partial charge in [0.05, 0.1) is 18.6 Å². The minimum atomic E-state index is -0.176. The molecule has 4 rings (SSSR count). The van der Waals surface area contributed by atoms with Crippen molar-refractivity contribution in [3.8, 4) is 10.8 Å². The van der Waals surface area contributed by atoms with Gasteiger partial charge in [-0.25, -0.2) is 4.98 Å². The third-order valence-corrected chi connectivity index (χ3v) is 5.23. The number of rotatable bonds is 6. The van der Waals surface area contributed by atoms with Gasteiger partial charge in [-0.05, 0) is 50.2 Å². The van der Waals surface area contributed by atoms with Crippen molar-refractivity contribution in [1.29, 1.82) is 0 Å². The summed E-state index contributed by atoms with van der Waals surface area (Å²) in [6.07, 6.45) is 5.64. The predicted octanol–water partition coefficient (Wildman–Crippen LogP) is 3.56. The van der Waals surface area contributed by atoms with Gasteiger partial charge in [0.1, 0.15) is 11.5 Å². The summed E-state index contributed by atoms with van der Waals surface area (Å²) in [6, 6.07) is 7.55. The Morgan fingerprint density at radius 2 is 2.04 bits per heavy atom. The number of carbonyl (C=O) groups is 1. The van der Waals surface area contributed by atoms with Crippen LogP contribution in [0.15, 0.2) is 51.0 Å². The molecule has 1 saturated heterocycles. The number of furan rings is 2. The van der Waals surface area contributed by atoms with Crippen LogP contribution >= 0.6 is 11.3 Å². The molecule has 7 heteroatoms. The highest BCUT2D eigenvalue weighted by molar-refractivity contribution is 7.13. The topological polar surface area (TPSA) is 71.5 Å². The fourth-order valence-electron chi connectivity index (χ4n) is 3.12. The molecule has 6 nitrogen and oxygen atoms in total. The molecule has 1 N–H and O–H groups in total. The van der Waals surface area contributed by atoms with Crippen LogP contribution in [-0.2, 0) is 0 Å². The molecule has 3 aromatic heterocycles. The Labute approximate surface area is 149 Å². The minimum Gasteiger partial charge on any atom is -0.468 e. The lowest BCUT2D eigenvalue weighted by Crippen LogP contribution is -2.36. The highest BCUT2D eigenvalue weighted by Crippen LogP contribution is 2.26. The molecule has 0 spiro atoms. The highest BCUT2D eigenvalue weighted by Gasteiger charge is 2.26. The Bertz CT molecular complexity index is 805. The number of hydrogen-bond acceptors (Lipinski definition) is 6. The van der Waals surface area contributed by atoms with E-state index in [1.807, 2.05) is 18.2 Å². The highest BCUT2D eigenvalue weighted by atomic mass is 32.1. The van der Waals surface area contributed by atoms with E-state index >= 15 is 0 Å². The number of nitrogens with zero attached hydrogens (tertiary/aromatic N) is 2. The van der Waals surface area contributed by atoms with Crippen LogP contribution < -0.4 is 5.32 Å². The molecule has 25 heavy (non-hydrogen) atoms. The second kappa shape index (κ2) is 7.25. The van der Waals surface area contributed by atoms with Crippen LogP contribution in [0.25, 0.3) is 10.8 Å². The maximum absolute atomic E-state index is 12.5. The largest absolute Gasteiger partial charge is 0.468 e. The van der Waals surface area contributed by atoms with E-state index in [4.69, 9.17) is 8.83 Å². The van der Waals surface area contributed by atoms with Gasteiger partial charge in [0, 0.05) is 11.9 Å². The van der Waals surface area contributed by atoms with Crippen LogP contribution in [0, 0.1) is 0 Å². The molecule has 0 bridgehead atoms. The van der Waals surface area contributed by atoms with Crippen molar-refractivity contribution in [3.05, 3.63) is 53.6 Å². The lowest BCUT2D eigenvalue weighted by atomic mass is 10.2. The third kappa shape index (κ3) is 3.52. The van der Waals surface area contributed by atoms with E-state index in [1.165, 1.54) is 24.2 Å². The van der Waals surface area contributed by atoms with E-state index in [1.54, 1.807) is 24.0 Å². The van der Waals surface area contributed by atoms with Gasteiger partial charge in [0.2, 0.25) is 0 Å². The maximum Gasteiger partial charge on any atom is 0.270 e. The summed E-state index contributed by atoms with van der Waals surface area (Å²) in [5.41, 5.74) is 0.413. The monoisotopic (exact) mass is 357 g/mol. The average Bonchev–Trinajstić information content (AvgIpc) is 3.43. The Morgan fingerprint density at radius 3 is 2.76 bits per heavy atom. The minimum absolute atomic E-state index is 0.0598. The molecule has 1 amide bonds. The van der Waals surface area contributed by atoms with Gasteiger partial charge in [0.25, 0.3) is 5.91 Å². The predicted molar refractivity (Wildman–Crippen MR) is 94.4 cm³/mol. The quantitative estimate of drug-likeness (QED) is 0.730. The first-order valence-corrected chi connectivity index (χ1v) is 9.24. The molecule has 130 valence electrons. The van der Waals surface area contributed by atoms with Gasteiger partial charge in [-0.15, -0.1) is 11.3 Å². The molecule has 3 aromatic rings. The van der Waals surface area contributed by atoms with Crippen molar-refractivity contribution >= 4 is 17.2 Å². The van der Waals surface area contributed by atoms with E-state index in [9.17, 15) is 4.79 Å². The van der Waals surface area contributed by atoms with Gasteiger partial charge in [0.15, 0.2) is 10.8 Å². The van der Waals surface area contributed by atoms with Crippen LogP contribution in [0.4, 0.5) is 0 Å². The summed E-state index contributed by atoms with van der Waals surface area (Å²) in [7, 11) is 0. The fourth-order valence-corrected chi connectivity index (χ4v) is 3.88. The smallest absolute Gasteiger partial charge is 0.270 e. The van der Waals surface area contributed by atoms with Crippen LogP contribution in [0.1, 0.15) is 35.1 Å². The van der Waals surface area contributed by atoms with E-state index in [0.29, 0.717) is 23.0 Å². The summed E-state index contributed by atoms with van der Waals surface area (Å²) in [5.74, 6) is 1.39. The molecule has 1 atom stereocenters. The summed E-state index contributed by atoms with van der Waals surface area (Å²) < 4.78 is 10.9. The molecule has 0 radical (unpaired) electrons. The average molecular weight is 357 g/mol. The van der Waals surface area contributed by atoms with Crippen LogP contribution in [-0.4, -0.2) is 35.4 Å². The number of likely N-dealkylation sites (tertiary alicyclic amines) is 1. The zero-order valence-electron chi connectivity index (χ0n) is 13.7. The number of carbonyl (C=O) groups excluding carboxylic acids is 1. The van der Waals surface area contributed by atoms with E-state index in [-0.39, 0.29) is 11.9 Å². The van der Waals surface area contributed by atoms with Crippen LogP contribution in [0.2, 0.25) is 0 Å². The first-order chi connectivity index (χ1) is 12.3. The molecular formula is C18H19N3O3S. The van der Waals surface area contributed by atoms with Crippen molar-refractivity contribution in [2.24, 2.45) is 0 Å². The number of thiazole rings is 1. The first kappa shape index (κ1) is 16.1. The fraction of sp³-hybridized carbons (Fsp3) is 0.333. The van der Waals surface area contributed by atoms with Gasteiger partial charge in [-0.1, -0.05) is 0 Å². The molecule has 0 aromatic carbocycles. The van der Waals surface area contributed by atoms with Crippen molar-refractivity contribution in [2.75, 3.05) is 19.6 Å². The van der Waals surface area contributed by atoms with E-state index < -0.39 is 0 Å². The zero-order chi connectivity index (χ0) is 17.1. The number of hydrogen-bond donors (Lipinski definition) is 1. The third-order valence-electron chi connectivity index (χ3n) is 4.38. The van der Waals surface area contributed by atoms with Crippen molar-refractivity contribution in [1.82, 2.24) is 15.2 Å². The maximum atomic E-state index is 12.5. The Hall–Kier alpha value is -2.38. The number of amides is 1. The molecule has 1 aliphatic heterocycles. The summed E-state index contributed by atoms with van der Waals surface area (Å²) >= 11 is 1.40. The molecule has 0 unspecified atom stereocenters. The first-order valence-electron chi connectivity index (χ1n) is 8.36. The molecule has 0 aliphatic carbocycles. The molecular weight excluding hydrogens is 338 g/mol. The Balaban J connectivity index is 1.43. The van der Waals surface area contributed by atoms with Crippen molar-refractivity contribution in [2.45, 2.75) is 18.9 Å². The SMILES string of the molecule is O=C(NC[C@H](c1ccco1)N1CCCC1)c1csc(-c2ccco2)n1. The lowest BCUT2D eigenvalue weighted by molar-refractivity contribution is 0.0929. The Morgan fingerprint density at radius 1 is 1.24 bits per heavy atom. The Kier molecular flexibility index (Phi) is 4.67. The molecule has 1 aliphatic rings. The van der Waals surface area contributed by atoms with Gasteiger partial charge in [-0.2, -0.15) is 0 Å². The van der Waals surface area contributed by atoms with E-state index in [0.717, 1.165) is 18.8 Å². The van der Waals surface area contributed by atoms with Crippen LogP contribution in [0.5, 0.6) is 0 Å². The van der Waals surface area contributed by atoms with Crippen molar-refractivity contribution in [3.63, 3.8) is 0 Å². The van der Waals surface area contributed by atoms with Gasteiger partial charge in [-0.3, -0.25) is 9.69 Å². The zero-order valence-corrected chi connectivity index (χ0v) is 14.5. The normalized spacial score (nSPS) is 16.2. The summed E-state index contributed by atoms with van der Waals surface area (Å²) in [4.78, 5) is 19.2. The second-order valence-electron chi connectivity index (χ2n) is 6.00. The number of nitrogens with one attached hydrogen (secondary N) is 1. The molecule has 1 fully saturated rings. The van der Waals surface area contributed by atoms with Crippen molar-refractivity contribution < 1.29 is 13.6 Å². The molecule has 4 heterocycles. The lowest BCUT2D eigenvalue weighted by Gasteiger charge is -2.25.